The predicted molar refractivity (Wildman–Crippen MR) is 277 cm³/mol. The standard InChI is InChI=1S/C56H55N9O3/c1-54(2,3)51(66)63-35-19-13-10-16-32(35)46-38-22-24-40(59-38)47(33-17-11-14-20-36(33)64-52(67)55(4,5)6)42-26-28-44(61-42)49(50-57-30-31-58-50)45-29-27-43(62-45)48(41-25-23-39(46)60-41)34-18-12-15-21-37(34)65-53(68)56(7,8)9/h10-31,59-60H,1-9H3,(H,57,58)(H,63,66)(H,64,67)(H,65,68). The van der Waals surface area contributed by atoms with Crippen molar-refractivity contribution < 1.29 is 14.4 Å². The summed E-state index contributed by atoms with van der Waals surface area (Å²) in [5, 5.41) is 9.63. The third-order valence-corrected chi connectivity index (χ3v) is 11.9. The Kier molecular flexibility index (Phi) is 11.4. The number of hydrogen-bond acceptors (Lipinski definition) is 6. The van der Waals surface area contributed by atoms with Gasteiger partial charge in [-0.25, -0.2) is 15.0 Å². The highest BCUT2D eigenvalue weighted by Crippen LogP contribution is 2.42. The van der Waals surface area contributed by atoms with Crippen LogP contribution in [0.15, 0.2) is 109 Å². The molecule has 8 bridgehead atoms. The molecule has 2 aliphatic rings. The summed E-state index contributed by atoms with van der Waals surface area (Å²) in [6.07, 6.45) is 11.4. The Balaban J connectivity index is 1.44. The fourth-order valence-corrected chi connectivity index (χ4v) is 8.07. The lowest BCUT2D eigenvalue weighted by Crippen LogP contribution is -2.27. The Morgan fingerprint density at radius 1 is 0.426 bits per heavy atom. The van der Waals surface area contributed by atoms with Crippen molar-refractivity contribution in [1.82, 2.24) is 29.9 Å². The van der Waals surface area contributed by atoms with E-state index < -0.39 is 16.2 Å². The van der Waals surface area contributed by atoms with Crippen molar-refractivity contribution >= 4 is 81.2 Å². The van der Waals surface area contributed by atoms with Crippen molar-refractivity contribution in [1.29, 1.82) is 0 Å². The van der Waals surface area contributed by atoms with E-state index >= 15 is 0 Å². The van der Waals surface area contributed by atoms with Crippen molar-refractivity contribution in [2.24, 2.45) is 16.2 Å². The van der Waals surface area contributed by atoms with Crippen LogP contribution in [0.4, 0.5) is 17.1 Å². The first kappa shape index (κ1) is 45.1. The van der Waals surface area contributed by atoms with Gasteiger partial charge in [-0.1, -0.05) is 117 Å². The van der Waals surface area contributed by atoms with Gasteiger partial charge in [0, 0.05) is 101 Å². The summed E-state index contributed by atoms with van der Waals surface area (Å²) in [6, 6.07) is 31.4. The second-order valence-corrected chi connectivity index (χ2v) is 20.2. The maximum absolute atomic E-state index is 13.7. The third kappa shape index (κ3) is 8.80. The van der Waals surface area contributed by atoms with Crippen molar-refractivity contribution in [2.75, 3.05) is 16.0 Å². The number of hydrogen-bond donors (Lipinski definition) is 6. The SMILES string of the molecule is CC(C)(C)C(=O)Nc1ccccc1-c1c2nc(c(-c3ncc[nH]3)c3nc(c(-c4ccccc4NC(=O)C(C)(C)C)c4ccc([nH]4)c(-c4ccccc4NC(=O)C(C)(C)C)c4ccc1[nH]4)C=C3)C=C2. The smallest absolute Gasteiger partial charge is 0.229 e. The van der Waals surface area contributed by atoms with Crippen molar-refractivity contribution in [3.05, 3.63) is 132 Å². The molecule has 0 saturated heterocycles. The Labute approximate surface area is 395 Å². The second kappa shape index (κ2) is 17.3. The first-order valence-electron chi connectivity index (χ1n) is 22.7. The van der Waals surface area contributed by atoms with E-state index in [1.54, 1.807) is 12.4 Å². The minimum absolute atomic E-state index is 0.129. The van der Waals surface area contributed by atoms with Gasteiger partial charge in [0.05, 0.1) is 28.3 Å². The van der Waals surface area contributed by atoms with Crippen LogP contribution in [0.5, 0.6) is 0 Å². The summed E-state index contributed by atoms with van der Waals surface area (Å²) in [6.45, 7) is 17.0. The number of aromatic nitrogens is 6. The number of aromatic amines is 3. The lowest BCUT2D eigenvalue weighted by molar-refractivity contribution is -0.123. The quantitative estimate of drug-likeness (QED) is 0.0928. The number of anilines is 3. The minimum atomic E-state index is -0.665. The first-order valence-corrected chi connectivity index (χ1v) is 22.7. The molecular formula is C56H55N9O3. The largest absolute Gasteiger partial charge is 0.354 e. The lowest BCUT2D eigenvalue weighted by atomic mass is 9.94. The minimum Gasteiger partial charge on any atom is -0.354 e. The number of carbonyl (C=O) groups is 3. The van der Waals surface area contributed by atoms with Gasteiger partial charge in [-0.05, 0) is 66.8 Å². The van der Waals surface area contributed by atoms with Crippen molar-refractivity contribution in [3.8, 4) is 44.8 Å². The predicted octanol–water partition coefficient (Wildman–Crippen LogP) is 13.0. The average Bonchev–Trinajstić information content (AvgIpc) is 4.15. The fraction of sp³-hybridized carbons (Fsp3) is 0.214. The molecule has 0 aliphatic carbocycles. The van der Waals surface area contributed by atoms with E-state index in [4.69, 9.17) is 15.0 Å². The van der Waals surface area contributed by atoms with Crippen LogP contribution in [0.25, 0.3) is 91.1 Å². The molecule has 0 spiro atoms. The van der Waals surface area contributed by atoms with Gasteiger partial charge in [0.15, 0.2) is 0 Å². The zero-order valence-electron chi connectivity index (χ0n) is 39.8. The van der Waals surface area contributed by atoms with Crippen LogP contribution >= 0.6 is 0 Å². The third-order valence-electron chi connectivity index (χ3n) is 11.9. The Morgan fingerprint density at radius 3 is 1.09 bits per heavy atom. The number of imidazole rings is 1. The van der Waals surface area contributed by atoms with E-state index in [0.29, 0.717) is 51.2 Å². The molecule has 0 radical (unpaired) electrons. The van der Waals surface area contributed by atoms with Crippen LogP contribution in [0.2, 0.25) is 0 Å². The number of amides is 3. The average molecular weight is 902 g/mol. The van der Waals surface area contributed by atoms with E-state index in [-0.39, 0.29) is 17.7 Å². The van der Waals surface area contributed by atoms with Gasteiger partial charge in [0.2, 0.25) is 17.7 Å². The van der Waals surface area contributed by atoms with Gasteiger partial charge < -0.3 is 30.9 Å². The van der Waals surface area contributed by atoms with Crippen LogP contribution in [-0.4, -0.2) is 47.6 Å². The molecular weight excluding hydrogens is 847 g/mol. The number of nitrogens with one attached hydrogen (secondary N) is 6. The Bertz CT molecular complexity index is 3210. The van der Waals surface area contributed by atoms with E-state index in [9.17, 15) is 14.4 Å². The van der Waals surface area contributed by atoms with E-state index in [1.807, 2.05) is 184 Å². The highest BCUT2D eigenvalue weighted by Gasteiger charge is 2.27. The topological polar surface area (TPSA) is 173 Å². The van der Waals surface area contributed by atoms with Crippen LogP contribution in [-0.2, 0) is 14.4 Å². The molecule has 12 heteroatoms. The van der Waals surface area contributed by atoms with E-state index in [0.717, 1.165) is 55.4 Å². The van der Waals surface area contributed by atoms with Gasteiger partial charge in [0.25, 0.3) is 0 Å². The van der Waals surface area contributed by atoms with E-state index in [1.165, 1.54) is 0 Å². The summed E-state index contributed by atoms with van der Waals surface area (Å²) in [4.78, 5) is 67.2. The molecule has 12 nitrogen and oxygen atoms in total. The zero-order chi connectivity index (χ0) is 48.1. The van der Waals surface area contributed by atoms with Crippen LogP contribution in [0.1, 0.15) is 85.1 Å². The van der Waals surface area contributed by atoms with Gasteiger partial charge in [-0.15, -0.1) is 0 Å². The summed E-state index contributed by atoms with van der Waals surface area (Å²) in [7, 11) is 0. The molecule has 7 aromatic rings. The highest BCUT2D eigenvalue weighted by molar-refractivity contribution is 6.08. The summed E-state index contributed by atoms with van der Waals surface area (Å²) in [5.74, 6) is 0.196. The molecule has 2 aliphatic heterocycles. The molecule has 4 aromatic heterocycles. The molecule has 9 rings (SSSR count). The van der Waals surface area contributed by atoms with Gasteiger partial charge in [0.1, 0.15) is 5.82 Å². The van der Waals surface area contributed by atoms with Gasteiger partial charge in [-0.3, -0.25) is 14.4 Å². The number of fused-ring (bicyclic) bond motifs is 8. The summed E-state index contributed by atoms with van der Waals surface area (Å²) < 4.78 is 0. The number of benzene rings is 3. The molecule has 0 saturated carbocycles. The normalized spacial score (nSPS) is 12.5. The lowest BCUT2D eigenvalue weighted by Gasteiger charge is -2.20. The van der Waals surface area contributed by atoms with Crippen LogP contribution in [0.3, 0.4) is 0 Å². The second-order valence-electron chi connectivity index (χ2n) is 20.2. The van der Waals surface area contributed by atoms with Crippen LogP contribution in [0, 0.1) is 16.2 Å². The summed E-state index contributed by atoms with van der Waals surface area (Å²) in [5.41, 5.74) is 10.7. The van der Waals surface area contributed by atoms with Crippen molar-refractivity contribution in [3.63, 3.8) is 0 Å². The molecule has 68 heavy (non-hydrogen) atoms. The molecule has 342 valence electrons. The Morgan fingerprint density at radius 2 is 0.750 bits per heavy atom. The molecule has 3 amide bonds. The maximum Gasteiger partial charge on any atom is 0.229 e. The molecule has 0 unspecified atom stereocenters. The number of H-pyrrole nitrogens is 3. The highest BCUT2D eigenvalue weighted by atomic mass is 16.2. The number of para-hydroxylation sites is 3. The first-order chi connectivity index (χ1) is 32.3. The molecule has 0 fully saturated rings. The van der Waals surface area contributed by atoms with Crippen molar-refractivity contribution in [2.45, 2.75) is 62.3 Å². The van der Waals surface area contributed by atoms with Crippen LogP contribution < -0.4 is 16.0 Å². The van der Waals surface area contributed by atoms with Gasteiger partial charge in [-0.2, -0.15) is 0 Å². The monoisotopic (exact) mass is 901 g/mol. The number of carbonyl (C=O) groups excluding carboxylic acids is 3. The van der Waals surface area contributed by atoms with E-state index in [2.05, 4.69) is 30.9 Å². The summed E-state index contributed by atoms with van der Waals surface area (Å²) >= 11 is 0. The molecule has 3 aromatic carbocycles. The van der Waals surface area contributed by atoms with Gasteiger partial charge >= 0.3 is 0 Å². The Hall–Kier alpha value is -8.12. The molecule has 6 heterocycles. The maximum atomic E-state index is 13.7. The number of rotatable bonds is 7. The molecule has 0 atom stereocenters. The fourth-order valence-electron chi connectivity index (χ4n) is 8.07. The molecule has 6 N–H and O–H groups in total. The number of nitrogens with zero attached hydrogens (tertiary/aromatic N) is 3. The zero-order valence-corrected chi connectivity index (χ0v) is 39.8.